The molecule has 1 fully saturated rings. The van der Waals surface area contributed by atoms with Gasteiger partial charge in [0.2, 0.25) is 5.91 Å². The van der Waals surface area contributed by atoms with Crippen LogP contribution in [0.25, 0.3) is 0 Å². The van der Waals surface area contributed by atoms with Gasteiger partial charge in [0.25, 0.3) is 5.91 Å². The molecule has 2 aliphatic heterocycles. The van der Waals surface area contributed by atoms with Crippen LogP contribution in [-0.4, -0.2) is 60.4 Å². The lowest BCUT2D eigenvalue weighted by Gasteiger charge is -2.38. The fourth-order valence-electron chi connectivity index (χ4n) is 4.17. The first-order valence-electron chi connectivity index (χ1n) is 10.1. The third kappa shape index (κ3) is 3.77. The van der Waals surface area contributed by atoms with Crippen LogP contribution in [0.1, 0.15) is 28.4 Å². The number of carbonyl (C=O) groups excluding carboxylic acids is 2. The number of hydrogen-bond acceptors (Lipinski definition) is 3. The van der Waals surface area contributed by atoms with Gasteiger partial charge in [0, 0.05) is 44.0 Å². The largest absolute Gasteiger partial charge is 0.336 e. The molecule has 4 rings (SSSR count). The quantitative estimate of drug-likeness (QED) is 0.803. The van der Waals surface area contributed by atoms with E-state index in [2.05, 4.69) is 11.0 Å². The fraction of sp³-hybridized carbons (Fsp3) is 0.391. The minimum Gasteiger partial charge on any atom is -0.336 e. The van der Waals surface area contributed by atoms with Gasteiger partial charge in [0.1, 0.15) is 5.82 Å². The fourth-order valence-corrected chi connectivity index (χ4v) is 4.17. The van der Waals surface area contributed by atoms with Crippen molar-refractivity contribution in [2.75, 3.05) is 37.6 Å². The Hall–Kier alpha value is -2.73. The summed E-state index contributed by atoms with van der Waals surface area (Å²) in [6, 6.07) is 12.4. The molecule has 2 aliphatic rings. The average molecular weight is 395 g/mol. The van der Waals surface area contributed by atoms with E-state index in [9.17, 15) is 14.0 Å². The summed E-state index contributed by atoms with van der Waals surface area (Å²) < 4.78 is 13.8. The monoisotopic (exact) mass is 395 g/mol. The Morgan fingerprint density at radius 1 is 1.00 bits per heavy atom. The lowest BCUT2D eigenvalue weighted by molar-refractivity contribution is -0.123. The molecular formula is C23H26FN3O2. The number of amides is 2. The first-order valence-corrected chi connectivity index (χ1v) is 10.1. The predicted octanol–water partition coefficient (Wildman–Crippen LogP) is 2.87. The van der Waals surface area contributed by atoms with Crippen LogP contribution in [-0.2, 0) is 11.2 Å². The number of anilines is 1. The highest BCUT2D eigenvalue weighted by atomic mass is 19.1. The minimum absolute atomic E-state index is 0.107. The predicted molar refractivity (Wildman–Crippen MR) is 111 cm³/mol. The summed E-state index contributed by atoms with van der Waals surface area (Å²) in [4.78, 5) is 31.5. The summed E-state index contributed by atoms with van der Waals surface area (Å²) >= 11 is 0. The summed E-state index contributed by atoms with van der Waals surface area (Å²) in [5, 5.41) is 0. The Bertz CT molecular complexity index is 937. The highest BCUT2D eigenvalue weighted by molar-refractivity contribution is 5.99. The molecule has 2 amide bonds. The average Bonchev–Trinajstić information content (AvgIpc) is 3.18. The van der Waals surface area contributed by atoms with Crippen molar-refractivity contribution in [2.24, 2.45) is 0 Å². The zero-order valence-electron chi connectivity index (χ0n) is 16.9. The van der Waals surface area contributed by atoms with Crippen LogP contribution in [0.5, 0.6) is 0 Å². The third-order valence-corrected chi connectivity index (χ3v) is 6.08. The molecule has 5 nitrogen and oxygen atoms in total. The number of carbonyl (C=O) groups is 2. The van der Waals surface area contributed by atoms with Crippen molar-refractivity contribution in [1.29, 1.82) is 0 Å². The molecule has 1 saturated heterocycles. The zero-order valence-corrected chi connectivity index (χ0v) is 16.9. The second-order valence-corrected chi connectivity index (χ2v) is 7.84. The Morgan fingerprint density at radius 3 is 2.45 bits per heavy atom. The number of aryl methyl sites for hydroxylation is 1. The van der Waals surface area contributed by atoms with Gasteiger partial charge in [-0.05, 0) is 49.6 Å². The van der Waals surface area contributed by atoms with Gasteiger partial charge >= 0.3 is 0 Å². The van der Waals surface area contributed by atoms with Gasteiger partial charge in [-0.3, -0.25) is 14.5 Å². The highest BCUT2D eigenvalue weighted by Gasteiger charge is 2.33. The Kier molecular flexibility index (Phi) is 5.37. The van der Waals surface area contributed by atoms with E-state index < -0.39 is 0 Å². The first kappa shape index (κ1) is 19.6. The molecule has 2 aromatic carbocycles. The topological polar surface area (TPSA) is 43.9 Å². The van der Waals surface area contributed by atoms with Crippen LogP contribution in [0.15, 0.2) is 42.5 Å². The van der Waals surface area contributed by atoms with Crippen molar-refractivity contribution >= 4 is 17.5 Å². The van der Waals surface area contributed by atoms with Gasteiger partial charge in [-0.15, -0.1) is 0 Å². The molecule has 0 spiro atoms. The smallest absolute Gasteiger partial charge is 0.254 e. The number of benzene rings is 2. The van der Waals surface area contributed by atoms with Crippen molar-refractivity contribution in [1.82, 2.24) is 9.80 Å². The van der Waals surface area contributed by atoms with Crippen LogP contribution in [0, 0.1) is 12.7 Å². The van der Waals surface area contributed by atoms with E-state index in [1.165, 1.54) is 11.6 Å². The maximum Gasteiger partial charge on any atom is 0.254 e. The number of para-hydroxylation sites is 1. The molecule has 1 atom stereocenters. The van der Waals surface area contributed by atoms with Crippen LogP contribution in [0.2, 0.25) is 0 Å². The Morgan fingerprint density at radius 2 is 1.72 bits per heavy atom. The maximum absolute atomic E-state index is 13.8. The number of hydrogen-bond donors (Lipinski definition) is 0. The van der Waals surface area contributed by atoms with Crippen molar-refractivity contribution < 1.29 is 14.0 Å². The maximum atomic E-state index is 13.8. The normalized spacial score (nSPS) is 17.9. The molecule has 0 radical (unpaired) electrons. The summed E-state index contributed by atoms with van der Waals surface area (Å²) in [5.74, 6) is -0.411. The van der Waals surface area contributed by atoms with E-state index in [-0.39, 0.29) is 23.7 Å². The second kappa shape index (κ2) is 7.95. The molecule has 0 aromatic heterocycles. The van der Waals surface area contributed by atoms with Crippen molar-refractivity contribution in [3.8, 4) is 0 Å². The molecule has 152 valence electrons. The lowest BCUT2D eigenvalue weighted by atomic mass is 10.1. The summed E-state index contributed by atoms with van der Waals surface area (Å²) in [5.41, 5.74) is 3.13. The van der Waals surface area contributed by atoms with Gasteiger partial charge in [-0.25, -0.2) is 4.39 Å². The highest BCUT2D eigenvalue weighted by Crippen LogP contribution is 2.28. The number of piperazine rings is 1. The SMILES string of the molecule is Cc1ccc(C(=O)N2CCN([C@@H](C)C(=O)N3CCc4ccccc43)CC2)cc1F. The number of fused-ring (bicyclic) bond motifs is 1. The number of nitrogens with zero attached hydrogens (tertiary/aromatic N) is 3. The lowest BCUT2D eigenvalue weighted by Crippen LogP contribution is -2.55. The van der Waals surface area contributed by atoms with Gasteiger partial charge < -0.3 is 9.80 Å². The summed E-state index contributed by atoms with van der Waals surface area (Å²) in [6.45, 7) is 6.66. The molecule has 0 N–H and O–H groups in total. The summed E-state index contributed by atoms with van der Waals surface area (Å²) in [7, 11) is 0. The second-order valence-electron chi connectivity index (χ2n) is 7.84. The zero-order chi connectivity index (χ0) is 20.5. The van der Waals surface area contributed by atoms with Crippen molar-refractivity contribution in [2.45, 2.75) is 26.3 Å². The van der Waals surface area contributed by atoms with E-state index >= 15 is 0 Å². The number of rotatable bonds is 3. The molecule has 0 unspecified atom stereocenters. The van der Waals surface area contributed by atoms with E-state index in [1.54, 1.807) is 24.0 Å². The van der Waals surface area contributed by atoms with E-state index in [0.29, 0.717) is 37.3 Å². The minimum atomic E-state index is -0.361. The first-order chi connectivity index (χ1) is 14.0. The molecule has 0 bridgehead atoms. The van der Waals surface area contributed by atoms with Crippen LogP contribution < -0.4 is 4.90 Å². The standard InChI is InChI=1S/C23H26FN3O2/c1-16-7-8-19(15-20(16)24)23(29)26-13-11-25(12-14-26)17(2)22(28)27-10-9-18-5-3-4-6-21(18)27/h3-8,15,17H,9-14H2,1-2H3/t17-/m0/s1. The van der Waals surface area contributed by atoms with Gasteiger partial charge in [-0.2, -0.15) is 0 Å². The molecule has 6 heteroatoms. The third-order valence-electron chi connectivity index (χ3n) is 6.08. The van der Waals surface area contributed by atoms with Gasteiger partial charge in [-0.1, -0.05) is 24.3 Å². The van der Waals surface area contributed by atoms with Gasteiger partial charge in [0.15, 0.2) is 0 Å². The molecule has 2 heterocycles. The van der Waals surface area contributed by atoms with Crippen LogP contribution in [0.4, 0.5) is 10.1 Å². The molecule has 2 aromatic rings. The van der Waals surface area contributed by atoms with Crippen LogP contribution in [0.3, 0.4) is 0 Å². The van der Waals surface area contributed by atoms with E-state index in [4.69, 9.17) is 0 Å². The number of halogens is 1. The van der Waals surface area contributed by atoms with Gasteiger partial charge in [0.05, 0.1) is 6.04 Å². The molecule has 0 saturated carbocycles. The Labute approximate surface area is 170 Å². The van der Waals surface area contributed by atoms with Crippen molar-refractivity contribution in [3.63, 3.8) is 0 Å². The van der Waals surface area contributed by atoms with Crippen molar-refractivity contribution in [3.05, 3.63) is 65.0 Å². The van der Waals surface area contributed by atoms with Crippen LogP contribution >= 0.6 is 0 Å². The molecule has 29 heavy (non-hydrogen) atoms. The van der Waals surface area contributed by atoms with E-state index in [1.807, 2.05) is 30.0 Å². The summed E-state index contributed by atoms with van der Waals surface area (Å²) in [6.07, 6.45) is 0.893. The Balaban J connectivity index is 1.37. The van der Waals surface area contributed by atoms with E-state index in [0.717, 1.165) is 18.7 Å². The molecule has 0 aliphatic carbocycles. The molecular weight excluding hydrogens is 369 g/mol.